The van der Waals surface area contributed by atoms with Crippen LogP contribution in [0.1, 0.15) is 5.56 Å². The van der Waals surface area contributed by atoms with Crippen molar-refractivity contribution in [2.75, 3.05) is 14.2 Å². The third-order valence-corrected chi connectivity index (χ3v) is 5.87. The zero-order chi connectivity index (χ0) is 23.4. The van der Waals surface area contributed by atoms with Crippen LogP contribution < -0.4 is 14.6 Å². The lowest BCUT2D eigenvalue weighted by atomic mass is 10.1. The lowest BCUT2D eigenvalue weighted by Gasteiger charge is -2.09. The minimum Gasteiger partial charge on any atom is -0.493 e. The Bertz CT molecular complexity index is 1400. The van der Waals surface area contributed by atoms with Gasteiger partial charge in [-0.3, -0.25) is 4.99 Å². The van der Waals surface area contributed by atoms with E-state index in [-0.39, 0.29) is 4.90 Å². The zero-order valence-electron chi connectivity index (χ0n) is 18.0. The summed E-state index contributed by atoms with van der Waals surface area (Å²) in [4.78, 5) is 4.53. The van der Waals surface area contributed by atoms with Crippen molar-refractivity contribution >= 4 is 21.9 Å². The molecule has 8 nitrogen and oxygen atoms in total. The van der Waals surface area contributed by atoms with Gasteiger partial charge in [-0.1, -0.05) is 18.2 Å². The van der Waals surface area contributed by atoms with Crippen LogP contribution in [0.5, 0.6) is 11.5 Å². The molecule has 0 aliphatic rings. The molecule has 0 saturated heterocycles. The van der Waals surface area contributed by atoms with E-state index in [0.717, 1.165) is 16.8 Å². The number of ether oxygens (including phenoxy) is 2. The Hall–Kier alpha value is -3.95. The molecular formula is C24H22N4O4S. The van der Waals surface area contributed by atoms with Crippen LogP contribution >= 0.6 is 0 Å². The molecule has 4 aromatic rings. The molecule has 0 aliphatic carbocycles. The van der Waals surface area contributed by atoms with Crippen molar-refractivity contribution in [1.29, 1.82) is 0 Å². The fourth-order valence-corrected chi connectivity index (χ4v) is 3.78. The van der Waals surface area contributed by atoms with E-state index >= 15 is 0 Å². The number of hydrogen-bond donors (Lipinski definition) is 1. The van der Waals surface area contributed by atoms with Gasteiger partial charge >= 0.3 is 0 Å². The van der Waals surface area contributed by atoms with E-state index < -0.39 is 10.0 Å². The summed E-state index contributed by atoms with van der Waals surface area (Å²) >= 11 is 0. The summed E-state index contributed by atoms with van der Waals surface area (Å²) in [5, 5.41) is 9.94. The molecule has 2 N–H and O–H groups in total. The van der Waals surface area contributed by atoms with E-state index in [1.165, 1.54) is 12.1 Å². The van der Waals surface area contributed by atoms with Crippen molar-refractivity contribution in [3.63, 3.8) is 0 Å². The second-order valence-corrected chi connectivity index (χ2v) is 8.64. The van der Waals surface area contributed by atoms with E-state index in [4.69, 9.17) is 19.7 Å². The standard InChI is InChI=1S/C24H22N4O4S/c1-31-22-13-8-17(14-23(22)32-2)24-18(16-28(27-24)20-6-4-3-5-7-20)15-26-19-9-11-21(12-10-19)33(25,29)30/h3-16H,1-2H3,(H2,25,29,30). The Morgan fingerprint density at radius 1 is 0.939 bits per heavy atom. The number of primary sulfonamides is 1. The van der Waals surface area contributed by atoms with Crippen LogP contribution in [-0.4, -0.2) is 38.6 Å². The number of para-hydroxylation sites is 1. The quantitative estimate of drug-likeness (QED) is 0.418. The summed E-state index contributed by atoms with van der Waals surface area (Å²) in [7, 11) is -0.591. The number of nitrogens with two attached hydrogens (primary N) is 1. The van der Waals surface area contributed by atoms with E-state index in [2.05, 4.69) is 4.99 Å². The number of nitrogens with zero attached hydrogens (tertiary/aromatic N) is 3. The Morgan fingerprint density at radius 3 is 2.27 bits per heavy atom. The second-order valence-electron chi connectivity index (χ2n) is 7.08. The fourth-order valence-electron chi connectivity index (χ4n) is 3.27. The Kier molecular flexibility index (Phi) is 6.25. The van der Waals surface area contributed by atoms with Crippen molar-refractivity contribution < 1.29 is 17.9 Å². The SMILES string of the molecule is COc1ccc(-c2nn(-c3ccccc3)cc2C=Nc2ccc(S(N)(=O)=O)cc2)cc1OC. The number of sulfonamides is 1. The molecule has 4 rings (SSSR count). The predicted molar refractivity (Wildman–Crippen MR) is 127 cm³/mol. The van der Waals surface area contributed by atoms with Gasteiger partial charge in [-0.15, -0.1) is 0 Å². The number of aliphatic imine (C=N–C) groups is 1. The summed E-state index contributed by atoms with van der Waals surface area (Å²) < 4.78 is 35.5. The van der Waals surface area contributed by atoms with Crippen LogP contribution in [0, 0.1) is 0 Å². The van der Waals surface area contributed by atoms with Crippen LogP contribution in [0.25, 0.3) is 16.9 Å². The van der Waals surface area contributed by atoms with Gasteiger partial charge in [0, 0.05) is 23.5 Å². The minimum atomic E-state index is -3.76. The number of aromatic nitrogens is 2. The average molecular weight is 463 g/mol. The maximum atomic E-state index is 11.5. The summed E-state index contributed by atoms with van der Waals surface area (Å²) in [5.41, 5.74) is 3.77. The smallest absolute Gasteiger partial charge is 0.238 e. The van der Waals surface area contributed by atoms with Gasteiger partial charge in [0.2, 0.25) is 10.0 Å². The Morgan fingerprint density at radius 2 is 1.64 bits per heavy atom. The van der Waals surface area contributed by atoms with Gasteiger partial charge in [-0.05, 0) is 54.6 Å². The molecule has 0 radical (unpaired) electrons. The van der Waals surface area contributed by atoms with Crippen LogP contribution in [0.15, 0.2) is 88.9 Å². The van der Waals surface area contributed by atoms with E-state index in [0.29, 0.717) is 22.9 Å². The van der Waals surface area contributed by atoms with Gasteiger partial charge in [0.25, 0.3) is 0 Å². The van der Waals surface area contributed by atoms with E-state index in [9.17, 15) is 8.42 Å². The Balaban J connectivity index is 1.76. The molecule has 0 atom stereocenters. The van der Waals surface area contributed by atoms with Crippen molar-refractivity contribution in [3.8, 4) is 28.4 Å². The van der Waals surface area contributed by atoms with Crippen molar-refractivity contribution in [1.82, 2.24) is 9.78 Å². The molecule has 33 heavy (non-hydrogen) atoms. The van der Waals surface area contributed by atoms with Gasteiger partial charge in [0.15, 0.2) is 11.5 Å². The molecule has 9 heteroatoms. The summed E-state index contributed by atoms with van der Waals surface area (Å²) in [6.07, 6.45) is 3.56. The molecular weight excluding hydrogens is 440 g/mol. The van der Waals surface area contributed by atoms with E-state index in [1.54, 1.807) is 37.2 Å². The van der Waals surface area contributed by atoms with Gasteiger partial charge in [-0.2, -0.15) is 5.10 Å². The van der Waals surface area contributed by atoms with Crippen LogP contribution in [-0.2, 0) is 10.0 Å². The molecule has 0 aliphatic heterocycles. The molecule has 0 fully saturated rings. The summed E-state index contributed by atoms with van der Waals surface area (Å²) in [5.74, 6) is 1.21. The normalized spacial score (nSPS) is 11.6. The third-order valence-electron chi connectivity index (χ3n) is 4.94. The highest BCUT2D eigenvalue weighted by Crippen LogP contribution is 2.33. The molecule has 0 unspecified atom stereocenters. The molecule has 0 bridgehead atoms. The lowest BCUT2D eigenvalue weighted by Crippen LogP contribution is -2.11. The van der Waals surface area contributed by atoms with Crippen LogP contribution in [0.2, 0.25) is 0 Å². The van der Waals surface area contributed by atoms with E-state index in [1.807, 2.05) is 54.7 Å². The first-order valence-electron chi connectivity index (χ1n) is 9.93. The molecule has 0 saturated carbocycles. The fraction of sp³-hybridized carbons (Fsp3) is 0.0833. The number of rotatable bonds is 7. The summed E-state index contributed by atoms with van der Waals surface area (Å²) in [6.45, 7) is 0. The van der Waals surface area contributed by atoms with Gasteiger partial charge in [0.05, 0.1) is 30.5 Å². The molecule has 168 valence electrons. The first-order valence-corrected chi connectivity index (χ1v) is 11.5. The first kappa shape index (κ1) is 22.3. The first-order chi connectivity index (χ1) is 15.9. The monoisotopic (exact) mass is 462 g/mol. The molecule has 0 spiro atoms. The Labute approximate surface area is 192 Å². The van der Waals surface area contributed by atoms with Crippen LogP contribution in [0.3, 0.4) is 0 Å². The van der Waals surface area contributed by atoms with Crippen molar-refractivity contribution in [2.24, 2.45) is 10.1 Å². The number of hydrogen-bond acceptors (Lipinski definition) is 6. The van der Waals surface area contributed by atoms with Gasteiger partial charge in [-0.25, -0.2) is 18.2 Å². The van der Waals surface area contributed by atoms with Crippen molar-refractivity contribution in [3.05, 3.63) is 84.6 Å². The lowest BCUT2D eigenvalue weighted by molar-refractivity contribution is 0.355. The van der Waals surface area contributed by atoms with Crippen LogP contribution in [0.4, 0.5) is 5.69 Å². The van der Waals surface area contributed by atoms with Gasteiger partial charge in [0.1, 0.15) is 5.69 Å². The second kappa shape index (κ2) is 9.27. The zero-order valence-corrected chi connectivity index (χ0v) is 18.9. The predicted octanol–water partition coefficient (Wildman–Crippen LogP) is 3.95. The van der Waals surface area contributed by atoms with Crippen molar-refractivity contribution in [2.45, 2.75) is 4.90 Å². The number of methoxy groups -OCH3 is 2. The maximum absolute atomic E-state index is 11.5. The minimum absolute atomic E-state index is 0.0318. The highest BCUT2D eigenvalue weighted by Gasteiger charge is 2.14. The molecule has 1 aromatic heterocycles. The van der Waals surface area contributed by atoms with Gasteiger partial charge < -0.3 is 9.47 Å². The largest absolute Gasteiger partial charge is 0.493 e. The maximum Gasteiger partial charge on any atom is 0.238 e. The topological polar surface area (TPSA) is 109 Å². The summed E-state index contributed by atoms with van der Waals surface area (Å²) in [6, 6.07) is 21.3. The molecule has 3 aromatic carbocycles. The number of benzene rings is 3. The highest BCUT2D eigenvalue weighted by atomic mass is 32.2. The third kappa shape index (κ3) is 4.94. The molecule has 1 heterocycles. The molecule has 0 amide bonds. The highest BCUT2D eigenvalue weighted by molar-refractivity contribution is 7.89. The average Bonchev–Trinajstić information content (AvgIpc) is 3.27.